The molecule has 1 aromatic rings. The van der Waals surface area contributed by atoms with Gasteiger partial charge in [-0.3, -0.25) is 4.79 Å². The van der Waals surface area contributed by atoms with Crippen molar-refractivity contribution in [2.75, 3.05) is 7.11 Å². The summed E-state index contributed by atoms with van der Waals surface area (Å²) in [6.07, 6.45) is 4.64. The monoisotopic (exact) mass is 218 g/mol. The molecule has 0 N–H and O–H groups in total. The first kappa shape index (κ1) is 11.3. The SMILES string of the molecule is CO[C@]1(c2ccccc2)CCCCCC1=O. The summed E-state index contributed by atoms with van der Waals surface area (Å²) in [5.74, 6) is 0.235. The molecule has 86 valence electrons. The van der Waals surface area contributed by atoms with E-state index < -0.39 is 5.60 Å². The third-order valence-electron chi connectivity index (χ3n) is 3.47. The molecule has 1 aromatic carbocycles. The largest absolute Gasteiger partial charge is 0.366 e. The van der Waals surface area contributed by atoms with Crippen molar-refractivity contribution in [3.8, 4) is 0 Å². The lowest BCUT2D eigenvalue weighted by molar-refractivity contribution is -0.142. The van der Waals surface area contributed by atoms with Crippen molar-refractivity contribution in [2.24, 2.45) is 0 Å². The van der Waals surface area contributed by atoms with Gasteiger partial charge in [-0.2, -0.15) is 0 Å². The van der Waals surface area contributed by atoms with Crippen LogP contribution in [-0.4, -0.2) is 12.9 Å². The van der Waals surface area contributed by atoms with Gasteiger partial charge < -0.3 is 4.74 Å². The molecule has 0 bridgehead atoms. The number of ketones is 1. The minimum atomic E-state index is -0.683. The number of methoxy groups -OCH3 is 1. The van der Waals surface area contributed by atoms with Gasteiger partial charge in [-0.25, -0.2) is 0 Å². The van der Waals surface area contributed by atoms with Gasteiger partial charge in [0.1, 0.15) is 0 Å². The van der Waals surface area contributed by atoms with Crippen molar-refractivity contribution in [1.82, 2.24) is 0 Å². The predicted octanol–water partition coefficient (Wildman–Crippen LogP) is 3.06. The van der Waals surface area contributed by atoms with Gasteiger partial charge in [0.05, 0.1) is 0 Å². The van der Waals surface area contributed by atoms with Gasteiger partial charge in [0.25, 0.3) is 0 Å². The second-order valence-corrected chi connectivity index (χ2v) is 4.38. The molecule has 0 saturated heterocycles. The van der Waals surface area contributed by atoms with E-state index in [1.165, 1.54) is 0 Å². The average Bonchev–Trinajstić information content (AvgIpc) is 2.53. The van der Waals surface area contributed by atoms with Gasteiger partial charge in [0.2, 0.25) is 0 Å². The number of hydrogen-bond donors (Lipinski definition) is 0. The molecular weight excluding hydrogens is 200 g/mol. The molecule has 2 rings (SSSR count). The Morgan fingerprint density at radius 1 is 1.12 bits per heavy atom. The molecule has 16 heavy (non-hydrogen) atoms. The van der Waals surface area contributed by atoms with Crippen molar-refractivity contribution < 1.29 is 9.53 Å². The number of hydrogen-bond acceptors (Lipinski definition) is 2. The fourth-order valence-electron chi connectivity index (χ4n) is 2.52. The number of rotatable bonds is 2. The first-order valence-corrected chi connectivity index (χ1v) is 5.93. The Morgan fingerprint density at radius 2 is 1.88 bits per heavy atom. The molecule has 1 fully saturated rings. The van der Waals surface area contributed by atoms with E-state index in [9.17, 15) is 4.79 Å². The Balaban J connectivity index is 2.40. The zero-order chi connectivity index (χ0) is 11.4. The topological polar surface area (TPSA) is 26.3 Å². The number of benzene rings is 1. The van der Waals surface area contributed by atoms with Gasteiger partial charge >= 0.3 is 0 Å². The van der Waals surface area contributed by atoms with Gasteiger partial charge in [0, 0.05) is 13.5 Å². The molecule has 1 aliphatic rings. The van der Waals surface area contributed by atoms with Gasteiger partial charge in [0.15, 0.2) is 11.4 Å². The molecule has 0 radical (unpaired) electrons. The summed E-state index contributed by atoms with van der Waals surface area (Å²) in [7, 11) is 1.65. The summed E-state index contributed by atoms with van der Waals surface area (Å²) in [4.78, 5) is 12.2. The maximum Gasteiger partial charge on any atom is 0.169 e. The fourth-order valence-corrected chi connectivity index (χ4v) is 2.52. The highest BCUT2D eigenvalue weighted by atomic mass is 16.5. The third-order valence-corrected chi connectivity index (χ3v) is 3.47. The first-order chi connectivity index (χ1) is 7.79. The summed E-state index contributed by atoms with van der Waals surface area (Å²) < 4.78 is 5.61. The quantitative estimate of drug-likeness (QED) is 0.713. The molecule has 2 heteroatoms. The zero-order valence-electron chi connectivity index (χ0n) is 9.74. The van der Waals surface area contributed by atoms with Crippen LogP contribution in [0.1, 0.15) is 37.7 Å². The molecule has 1 aliphatic carbocycles. The minimum absolute atomic E-state index is 0.235. The number of Topliss-reactive ketones (excluding diaryl/α,β-unsaturated/α-hetero) is 1. The molecule has 0 aliphatic heterocycles. The number of ether oxygens (including phenoxy) is 1. The van der Waals surface area contributed by atoms with E-state index in [2.05, 4.69) is 0 Å². The van der Waals surface area contributed by atoms with E-state index in [0.29, 0.717) is 6.42 Å². The summed E-state index contributed by atoms with van der Waals surface area (Å²) in [6.45, 7) is 0. The Hall–Kier alpha value is -1.15. The molecule has 1 saturated carbocycles. The molecule has 0 unspecified atom stereocenters. The third kappa shape index (κ3) is 1.90. The van der Waals surface area contributed by atoms with Crippen LogP contribution < -0.4 is 0 Å². The second-order valence-electron chi connectivity index (χ2n) is 4.38. The van der Waals surface area contributed by atoms with Crippen LogP contribution in [-0.2, 0) is 15.1 Å². The maximum absolute atomic E-state index is 12.2. The molecule has 0 amide bonds. The summed E-state index contributed by atoms with van der Waals surface area (Å²) >= 11 is 0. The van der Waals surface area contributed by atoms with Crippen LogP contribution >= 0.6 is 0 Å². The molecular formula is C14H18O2. The number of carbonyl (C=O) groups excluding carboxylic acids is 1. The fraction of sp³-hybridized carbons (Fsp3) is 0.500. The lowest BCUT2D eigenvalue weighted by Crippen LogP contribution is -2.36. The molecule has 1 atom stereocenters. The standard InChI is InChI=1S/C14H18O2/c1-16-14(12-8-4-2-5-9-12)11-7-3-6-10-13(14)15/h2,4-5,8-9H,3,6-7,10-11H2,1H3/t14-/m0/s1. The Bertz CT molecular complexity index is 358. The normalized spacial score (nSPS) is 26.4. The minimum Gasteiger partial charge on any atom is -0.366 e. The second kappa shape index (κ2) is 4.79. The van der Waals surface area contributed by atoms with Gasteiger partial charge in [-0.15, -0.1) is 0 Å². The van der Waals surface area contributed by atoms with E-state index in [1.54, 1.807) is 7.11 Å². The summed E-state index contributed by atoms with van der Waals surface area (Å²) in [5, 5.41) is 0. The Kier molecular flexibility index (Phi) is 3.39. The van der Waals surface area contributed by atoms with Gasteiger partial charge in [-0.05, 0) is 24.8 Å². The number of carbonyl (C=O) groups is 1. The van der Waals surface area contributed by atoms with E-state index >= 15 is 0 Å². The predicted molar refractivity (Wildman–Crippen MR) is 63.2 cm³/mol. The highest BCUT2D eigenvalue weighted by molar-refractivity contribution is 5.88. The van der Waals surface area contributed by atoms with E-state index in [-0.39, 0.29) is 5.78 Å². The molecule has 0 aromatic heterocycles. The van der Waals surface area contributed by atoms with Crippen molar-refractivity contribution >= 4 is 5.78 Å². The summed E-state index contributed by atoms with van der Waals surface area (Å²) in [5.41, 5.74) is 0.321. The smallest absolute Gasteiger partial charge is 0.169 e. The van der Waals surface area contributed by atoms with Crippen LogP contribution in [0.25, 0.3) is 0 Å². The Labute approximate surface area is 96.6 Å². The van der Waals surface area contributed by atoms with Crippen LogP contribution in [0, 0.1) is 0 Å². The van der Waals surface area contributed by atoms with Crippen molar-refractivity contribution in [1.29, 1.82) is 0 Å². The Morgan fingerprint density at radius 3 is 2.56 bits per heavy atom. The van der Waals surface area contributed by atoms with Crippen LogP contribution in [0.2, 0.25) is 0 Å². The van der Waals surface area contributed by atoms with E-state index in [0.717, 1.165) is 31.2 Å². The molecule has 2 nitrogen and oxygen atoms in total. The average molecular weight is 218 g/mol. The lowest BCUT2D eigenvalue weighted by Gasteiger charge is -2.30. The van der Waals surface area contributed by atoms with Crippen molar-refractivity contribution in [2.45, 2.75) is 37.7 Å². The molecule has 0 heterocycles. The summed E-state index contributed by atoms with van der Waals surface area (Å²) in [6, 6.07) is 9.88. The van der Waals surface area contributed by atoms with Crippen molar-refractivity contribution in [3.05, 3.63) is 35.9 Å². The van der Waals surface area contributed by atoms with Crippen LogP contribution in [0.4, 0.5) is 0 Å². The van der Waals surface area contributed by atoms with Crippen molar-refractivity contribution in [3.63, 3.8) is 0 Å². The maximum atomic E-state index is 12.2. The van der Waals surface area contributed by atoms with Crippen LogP contribution in [0.5, 0.6) is 0 Å². The van der Waals surface area contributed by atoms with Crippen LogP contribution in [0.3, 0.4) is 0 Å². The van der Waals surface area contributed by atoms with Gasteiger partial charge in [-0.1, -0.05) is 36.8 Å². The lowest BCUT2D eigenvalue weighted by atomic mass is 9.85. The zero-order valence-corrected chi connectivity index (χ0v) is 9.74. The first-order valence-electron chi connectivity index (χ1n) is 5.93. The molecule has 0 spiro atoms. The highest BCUT2D eigenvalue weighted by Gasteiger charge is 2.40. The van der Waals surface area contributed by atoms with E-state index in [1.807, 2.05) is 30.3 Å². The van der Waals surface area contributed by atoms with E-state index in [4.69, 9.17) is 4.74 Å². The van der Waals surface area contributed by atoms with Crippen LogP contribution in [0.15, 0.2) is 30.3 Å². The highest BCUT2D eigenvalue weighted by Crippen LogP contribution is 2.36.